The molecule has 6 rings (SSSR count). The van der Waals surface area contributed by atoms with E-state index in [0.29, 0.717) is 34.6 Å². The number of anilines is 1. The van der Waals surface area contributed by atoms with E-state index in [-0.39, 0.29) is 18.3 Å². The fraction of sp³-hybridized carbons (Fsp3) is 0.450. The SMILES string of the molecule is COC(=O)[C@H]1O[C@@H](OC(=O)Nc2ccccc2CN(C)C(=O)n2ccc3c(-c4cnn([C@H](CC#N)C5CCCC5)c4)ncnc32)[C@H](OC(C)=O)[C@@H](OC(C)=O)[C@@H]1OC(C)=O. The topological polar surface area (TPSA) is 245 Å². The van der Waals surface area contributed by atoms with Crippen LogP contribution in [0.5, 0.6) is 0 Å². The number of benzene rings is 1. The van der Waals surface area contributed by atoms with Gasteiger partial charge in [-0.2, -0.15) is 10.4 Å². The smallest absolute Gasteiger partial charge is 0.414 e. The van der Waals surface area contributed by atoms with Gasteiger partial charge in [0.25, 0.3) is 0 Å². The lowest BCUT2D eigenvalue weighted by Crippen LogP contribution is -2.64. The van der Waals surface area contributed by atoms with E-state index in [4.69, 9.17) is 28.4 Å². The van der Waals surface area contributed by atoms with Crippen molar-refractivity contribution < 1.29 is 57.2 Å². The van der Waals surface area contributed by atoms with E-state index in [9.17, 15) is 34.0 Å². The summed E-state index contributed by atoms with van der Waals surface area (Å²) in [5.74, 6) is -3.38. The molecule has 2 aliphatic rings. The van der Waals surface area contributed by atoms with Gasteiger partial charge >= 0.3 is 36.0 Å². The molecule has 2 amide bonds. The Bertz CT molecular complexity index is 2300. The Morgan fingerprint density at radius 3 is 2.32 bits per heavy atom. The molecule has 60 heavy (non-hydrogen) atoms. The number of ether oxygens (including phenoxy) is 6. The van der Waals surface area contributed by atoms with Crippen LogP contribution in [0, 0.1) is 17.2 Å². The Hall–Kier alpha value is -6.88. The molecule has 1 saturated heterocycles. The average molecular weight is 829 g/mol. The van der Waals surface area contributed by atoms with Gasteiger partial charge in [-0.1, -0.05) is 31.0 Å². The molecule has 0 spiro atoms. The first-order valence-electron chi connectivity index (χ1n) is 19.1. The highest BCUT2D eigenvalue weighted by atomic mass is 16.8. The van der Waals surface area contributed by atoms with E-state index < -0.39 is 66.7 Å². The molecule has 316 valence electrons. The Morgan fingerprint density at radius 1 is 0.950 bits per heavy atom. The monoisotopic (exact) mass is 828 g/mol. The number of carbonyl (C=O) groups is 6. The number of fused-ring (bicyclic) bond motifs is 1. The molecule has 1 aromatic carbocycles. The number of hydrogen-bond donors (Lipinski definition) is 1. The zero-order chi connectivity index (χ0) is 43.1. The lowest BCUT2D eigenvalue weighted by atomic mass is 9.96. The van der Waals surface area contributed by atoms with Gasteiger partial charge in [-0.05, 0) is 36.5 Å². The highest BCUT2D eigenvalue weighted by molar-refractivity contribution is 5.96. The van der Waals surface area contributed by atoms with Crippen LogP contribution in [0.1, 0.15) is 64.5 Å². The van der Waals surface area contributed by atoms with Crippen molar-refractivity contribution in [2.75, 3.05) is 19.5 Å². The van der Waals surface area contributed by atoms with Crippen molar-refractivity contribution in [3.8, 4) is 17.3 Å². The molecular weight excluding hydrogens is 784 g/mol. The maximum Gasteiger partial charge on any atom is 0.414 e. The van der Waals surface area contributed by atoms with E-state index in [0.717, 1.165) is 59.1 Å². The molecule has 20 nitrogen and oxygen atoms in total. The minimum absolute atomic E-state index is 0.0138. The number of nitrogens with one attached hydrogen (secondary N) is 1. The molecule has 1 N–H and O–H groups in total. The molecule has 2 fully saturated rings. The van der Waals surface area contributed by atoms with E-state index in [1.807, 2.05) is 10.9 Å². The summed E-state index contributed by atoms with van der Waals surface area (Å²) in [6.45, 7) is 3.09. The highest BCUT2D eigenvalue weighted by Gasteiger charge is 2.56. The van der Waals surface area contributed by atoms with E-state index in [1.165, 1.54) is 15.8 Å². The number of rotatable bonds is 12. The lowest BCUT2D eigenvalue weighted by molar-refractivity contribution is -0.287. The fourth-order valence-corrected chi connectivity index (χ4v) is 7.60. The minimum Gasteiger partial charge on any atom is -0.467 e. The third-order valence-electron chi connectivity index (χ3n) is 10.2. The second-order valence-corrected chi connectivity index (χ2v) is 14.3. The van der Waals surface area contributed by atoms with Crippen molar-refractivity contribution in [2.45, 2.75) is 96.2 Å². The average Bonchev–Trinajstić information content (AvgIpc) is 4.01. The third kappa shape index (κ3) is 9.52. The molecule has 3 aromatic heterocycles. The maximum absolute atomic E-state index is 13.9. The fourth-order valence-electron chi connectivity index (χ4n) is 7.60. The third-order valence-corrected chi connectivity index (χ3v) is 10.2. The maximum atomic E-state index is 13.9. The molecule has 20 heteroatoms. The molecule has 0 radical (unpaired) electrons. The number of para-hydroxylation sites is 1. The van der Waals surface area contributed by atoms with Crippen LogP contribution in [0.15, 0.2) is 55.2 Å². The predicted octanol–water partition coefficient (Wildman–Crippen LogP) is 4.28. The number of aromatic nitrogens is 5. The molecule has 1 aliphatic carbocycles. The van der Waals surface area contributed by atoms with Gasteiger partial charge in [0.05, 0.1) is 37.5 Å². The second-order valence-electron chi connectivity index (χ2n) is 14.3. The second kappa shape index (κ2) is 18.8. The van der Waals surface area contributed by atoms with Crippen molar-refractivity contribution in [1.29, 1.82) is 5.26 Å². The quantitative estimate of drug-likeness (QED) is 0.155. The van der Waals surface area contributed by atoms with Crippen molar-refractivity contribution in [3.05, 3.63) is 60.8 Å². The van der Waals surface area contributed by atoms with E-state index >= 15 is 0 Å². The van der Waals surface area contributed by atoms with E-state index in [1.54, 1.807) is 49.8 Å². The number of carbonyl (C=O) groups excluding carboxylic acids is 6. The highest BCUT2D eigenvalue weighted by Crippen LogP contribution is 2.37. The van der Waals surface area contributed by atoms with Crippen molar-refractivity contribution in [2.24, 2.45) is 5.92 Å². The van der Waals surface area contributed by atoms with Crippen LogP contribution in [0.25, 0.3) is 22.3 Å². The Morgan fingerprint density at radius 2 is 1.63 bits per heavy atom. The van der Waals surface area contributed by atoms with Gasteiger partial charge in [0, 0.05) is 63.4 Å². The first kappa shape index (κ1) is 42.7. The largest absolute Gasteiger partial charge is 0.467 e. The van der Waals surface area contributed by atoms with Crippen LogP contribution in [0.3, 0.4) is 0 Å². The van der Waals surface area contributed by atoms with Gasteiger partial charge in [0.1, 0.15) is 6.33 Å². The van der Waals surface area contributed by atoms with E-state index in [2.05, 4.69) is 26.5 Å². The molecule has 0 unspecified atom stereocenters. The molecule has 1 aliphatic heterocycles. The summed E-state index contributed by atoms with van der Waals surface area (Å²) >= 11 is 0. The molecule has 6 atom stereocenters. The van der Waals surface area contributed by atoms with Crippen LogP contribution >= 0.6 is 0 Å². The predicted molar refractivity (Wildman–Crippen MR) is 206 cm³/mol. The van der Waals surface area contributed by atoms with Crippen LogP contribution in [-0.4, -0.2) is 110 Å². The molecule has 0 bridgehead atoms. The number of esters is 4. The minimum atomic E-state index is -1.87. The Balaban J connectivity index is 1.19. The molecule has 1 saturated carbocycles. The number of nitriles is 1. The standard InChI is InChI=1S/C40H44N8O12/c1-22(49)56-32-33(57-23(2)50)35(58-24(3)51)38(59-34(32)37(52)55-5)60-39(53)45-29-13-9-8-12-26(29)19-46(4)40(54)47-17-15-28-31(42-21-43-36(28)47)27-18-44-48(20-27)30(14-16-41)25-10-6-7-11-25/h8-9,12-13,15,17-18,20-21,25,30,32-35,38H,6-7,10-11,14,19H2,1-5H3,(H,45,53)/t30-,32+,33+,34+,35-,38+/m1/s1. The summed E-state index contributed by atoms with van der Waals surface area (Å²) < 4.78 is 35.1. The van der Waals surface area contributed by atoms with Gasteiger partial charge in [-0.3, -0.25) is 28.9 Å². The summed E-state index contributed by atoms with van der Waals surface area (Å²) in [5, 5.41) is 17.3. The summed E-state index contributed by atoms with van der Waals surface area (Å²) in [6, 6.07) is 10.1. The number of nitrogens with zero attached hydrogens (tertiary/aromatic N) is 7. The molecule has 4 heterocycles. The summed E-state index contributed by atoms with van der Waals surface area (Å²) in [7, 11) is 2.59. The van der Waals surface area contributed by atoms with Gasteiger partial charge in [0.2, 0.25) is 12.4 Å². The van der Waals surface area contributed by atoms with Gasteiger partial charge < -0.3 is 33.3 Å². The van der Waals surface area contributed by atoms with Gasteiger partial charge in [-0.25, -0.2) is 24.4 Å². The van der Waals surface area contributed by atoms with Crippen LogP contribution in [-0.2, 0) is 54.1 Å². The van der Waals surface area contributed by atoms with Gasteiger partial charge in [-0.15, -0.1) is 0 Å². The van der Waals surface area contributed by atoms with Crippen molar-refractivity contribution >= 4 is 52.7 Å². The zero-order valence-corrected chi connectivity index (χ0v) is 33.5. The zero-order valence-electron chi connectivity index (χ0n) is 33.5. The van der Waals surface area contributed by atoms with Gasteiger partial charge in [0.15, 0.2) is 24.0 Å². The Kier molecular flexibility index (Phi) is 13.4. The van der Waals surface area contributed by atoms with Crippen molar-refractivity contribution in [1.82, 2.24) is 29.2 Å². The lowest BCUT2D eigenvalue weighted by Gasteiger charge is -2.42. The molecular formula is C40H44N8O12. The van der Waals surface area contributed by atoms with Crippen LogP contribution < -0.4 is 5.32 Å². The summed E-state index contributed by atoms with van der Waals surface area (Å²) in [6.07, 6.45) is 1.45. The summed E-state index contributed by atoms with van der Waals surface area (Å²) in [5.41, 5.74) is 2.34. The Labute approximate surface area is 343 Å². The first-order valence-corrected chi connectivity index (χ1v) is 19.1. The normalized spacial score (nSPS) is 20.6. The van der Waals surface area contributed by atoms with Crippen LogP contribution in [0.2, 0.25) is 0 Å². The first-order chi connectivity index (χ1) is 28.8. The molecule has 4 aromatic rings. The van der Waals surface area contributed by atoms with Crippen LogP contribution in [0.4, 0.5) is 15.3 Å². The van der Waals surface area contributed by atoms with Crippen molar-refractivity contribution in [3.63, 3.8) is 0 Å². The number of hydrogen-bond acceptors (Lipinski definition) is 16. The number of methoxy groups -OCH3 is 1. The summed E-state index contributed by atoms with van der Waals surface area (Å²) in [4.78, 5) is 86.8. The number of amides is 2.